The molecule has 3 aromatic heterocycles. The molecule has 4 heterocycles. The van der Waals surface area contributed by atoms with Gasteiger partial charge in [0.1, 0.15) is 22.9 Å². The van der Waals surface area contributed by atoms with Gasteiger partial charge in [-0.05, 0) is 82.9 Å². The summed E-state index contributed by atoms with van der Waals surface area (Å²) < 4.78 is 74.0. The molecule has 1 N–H and O–H groups in total. The third-order valence-corrected chi connectivity index (χ3v) is 7.75. The summed E-state index contributed by atoms with van der Waals surface area (Å²) in [6.45, 7) is 9.77. The predicted molar refractivity (Wildman–Crippen MR) is 147 cm³/mol. The molecule has 7 nitrogen and oxygen atoms in total. The van der Waals surface area contributed by atoms with E-state index in [1.54, 1.807) is 13.0 Å². The van der Waals surface area contributed by atoms with Gasteiger partial charge in [0, 0.05) is 17.8 Å². The lowest BCUT2D eigenvalue weighted by atomic mass is 9.80. The largest absolute Gasteiger partial charge is 0.396 e. The zero-order chi connectivity index (χ0) is 29.5. The smallest absolute Gasteiger partial charge is 0.326 e. The van der Waals surface area contributed by atoms with Gasteiger partial charge < -0.3 is 14.8 Å². The minimum atomic E-state index is -4.40. The third kappa shape index (κ3) is 5.88. The van der Waals surface area contributed by atoms with Gasteiger partial charge in [-0.1, -0.05) is 13.0 Å². The second kappa shape index (κ2) is 11.3. The fourth-order valence-electron chi connectivity index (χ4n) is 5.80. The van der Waals surface area contributed by atoms with Crippen molar-refractivity contribution in [1.29, 1.82) is 0 Å². The van der Waals surface area contributed by atoms with E-state index in [0.29, 0.717) is 37.3 Å². The van der Waals surface area contributed by atoms with Crippen molar-refractivity contribution in [3.8, 4) is 11.3 Å². The SMILES string of the molecule is CCN1CCC(C(c2ccc(Nc3ncc(F)c(-c4cc(F)c5nc(C)n(C(C)C)c5c4)n3)nc2)C(F)(F)F)CC1. The van der Waals surface area contributed by atoms with Crippen molar-refractivity contribution in [3.63, 3.8) is 0 Å². The molecule has 1 aliphatic heterocycles. The molecular formula is C29H32F5N7. The number of pyridine rings is 1. The molecule has 218 valence electrons. The molecule has 0 radical (unpaired) electrons. The fraction of sp³-hybridized carbons (Fsp3) is 0.448. The quantitative estimate of drug-likeness (QED) is 0.236. The average Bonchev–Trinajstić information content (AvgIpc) is 3.27. The van der Waals surface area contributed by atoms with Crippen LogP contribution >= 0.6 is 0 Å². The number of piperidine rings is 1. The van der Waals surface area contributed by atoms with E-state index in [2.05, 4.69) is 30.2 Å². The van der Waals surface area contributed by atoms with E-state index in [1.165, 1.54) is 24.4 Å². The first-order chi connectivity index (χ1) is 19.5. The number of aryl methyl sites for hydroxylation is 1. The molecule has 1 fully saturated rings. The molecule has 1 aliphatic rings. The van der Waals surface area contributed by atoms with Crippen molar-refractivity contribution >= 4 is 22.8 Å². The summed E-state index contributed by atoms with van der Waals surface area (Å²) in [6, 6.07) is 5.63. The molecule has 5 rings (SSSR count). The molecule has 1 unspecified atom stereocenters. The number of halogens is 5. The minimum absolute atomic E-state index is 0.00254. The van der Waals surface area contributed by atoms with Gasteiger partial charge >= 0.3 is 6.18 Å². The molecule has 1 atom stereocenters. The summed E-state index contributed by atoms with van der Waals surface area (Å²) in [5.74, 6) is -2.70. The molecule has 0 aliphatic carbocycles. The molecule has 4 aromatic rings. The van der Waals surface area contributed by atoms with Crippen LogP contribution in [0, 0.1) is 24.5 Å². The number of alkyl halides is 3. The van der Waals surface area contributed by atoms with Gasteiger partial charge in [0.05, 0.1) is 17.6 Å². The summed E-state index contributed by atoms with van der Waals surface area (Å²) in [7, 11) is 0. The Hall–Kier alpha value is -3.67. The van der Waals surface area contributed by atoms with Crippen LogP contribution in [0.4, 0.5) is 33.7 Å². The molecular weight excluding hydrogens is 541 g/mol. The number of benzene rings is 1. The third-order valence-electron chi connectivity index (χ3n) is 7.75. The van der Waals surface area contributed by atoms with Crippen molar-refractivity contribution in [1.82, 2.24) is 29.4 Å². The summed E-state index contributed by atoms with van der Waals surface area (Å²) in [6.07, 6.45) is -1.29. The topological polar surface area (TPSA) is 71.8 Å². The van der Waals surface area contributed by atoms with Gasteiger partial charge in [-0.25, -0.2) is 28.7 Å². The number of hydrogen-bond acceptors (Lipinski definition) is 6. The standard InChI is InChI=1S/C29H32F5N7/c1-5-40-10-8-18(9-11-40)25(29(32,33)34)19-6-7-24(35-14-19)38-28-36-15-22(31)26(39-28)20-12-21(30)27-23(13-20)41(16(2)3)17(4)37-27/h6-7,12-16,18,25H,5,8-11H2,1-4H3,(H,35,36,38,39). The maximum atomic E-state index is 15.0. The normalized spacial score (nSPS) is 16.0. The van der Waals surface area contributed by atoms with E-state index in [1.807, 2.05) is 25.3 Å². The van der Waals surface area contributed by atoms with Crippen LogP contribution < -0.4 is 5.32 Å². The first kappa shape index (κ1) is 28.8. The van der Waals surface area contributed by atoms with Crippen LogP contribution in [-0.2, 0) is 0 Å². The number of likely N-dealkylation sites (tertiary alicyclic amines) is 1. The number of anilines is 2. The Labute approximate surface area is 234 Å². The van der Waals surface area contributed by atoms with Crippen LogP contribution in [0.25, 0.3) is 22.3 Å². The highest BCUT2D eigenvalue weighted by molar-refractivity contribution is 5.83. The summed E-state index contributed by atoms with van der Waals surface area (Å²) in [5.41, 5.74) is 0.858. The lowest BCUT2D eigenvalue weighted by molar-refractivity contribution is -0.165. The molecule has 41 heavy (non-hydrogen) atoms. The van der Waals surface area contributed by atoms with E-state index in [0.717, 1.165) is 12.7 Å². The number of nitrogens with zero attached hydrogens (tertiary/aromatic N) is 6. The lowest BCUT2D eigenvalue weighted by Crippen LogP contribution is -2.39. The summed E-state index contributed by atoms with van der Waals surface area (Å²) in [5, 5.41) is 2.83. The van der Waals surface area contributed by atoms with Crippen molar-refractivity contribution in [2.24, 2.45) is 5.92 Å². The Bertz CT molecular complexity index is 1520. The summed E-state index contributed by atoms with van der Waals surface area (Å²) in [4.78, 5) is 18.8. The number of nitrogens with one attached hydrogen (secondary N) is 1. The number of rotatable bonds is 7. The van der Waals surface area contributed by atoms with Crippen molar-refractivity contribution in [2.75, 3.05) is 25.0 Å². The zero-order valence-electron chi connectivity index (χ0n) is 23.3. The van der Waals surface area contributed by atoms with E-state index < -0.39 is 29.6 Å². The van der Waals surface area contributed by atoms with Crippen LogP contribution in [-0.4, -0.2) is 55.2 Å². The van der Waals surface area contributed by atoms with Crippen molar-refractivity contribution in [2.45, 2.75) is 58.7 Å². The van der Waals surface area contributed by atoms with Crippen LogP contribution in [0.5, 0.6) is 0 Å². The minimum Gasteiger partial charge on any atom is -0.326 e. The second-order valence-corrected chi connectivity index (χ2v) is 10.7. The first-order valence-corrected chi connectivity index (χ1v) is 13.7. The number of imidazole rings is 1. The van der Waals surface area contributed by atoms with E-state index in [-0.39, 0.29) is 40.1 Å². The fourth-order valence-corrected chi connectivity index (χ4v) is 5.80. The molecule has 0 saturated carbocycles. The summed E-state index contributed by atoms with van der Waals surface area (Å²) >= 11 is 0. The van der Waals surface area contributed by atoms with Gasteiger partial charge in [-0.15, -0.1) is 0 Å². The molecule has 1 saturated heterocycles. The number of aromatic nitrogens is 5. The van der Waals surface area contributed by atoms with Crippen LogP contribution in [0.3, 0.4) is 0 Å². The van der Waals surface area contributed by atoms with Crippen LogP contribution in [0.2, 0.25) is 0 Å². The Balaban J connectivity index is 1.40. The van der Waals surface area contributed by atoms with Gasteiger partial charge in [0.15, 0.2) is 11.6 Å². The Morgan fingerprint density at radius 3 is 2.34 bits per heavy atom. The van der Waals surface area contributed by atoms with Crippen LogP contribution in [0.15, 0.2) is 36.7 Å². The number of hydrogen-bond donors (Lipinski definition) is 1. The van der Waals surface area contributed by atoms with Gasteiger partial charge in [0.25, 0.3) is 0 Å². The van der Waals surface area contributed by atoms with Gasteiger partial charge in [-0.2, -0.15) is 13.2 Å². The van der Waals surface area contributed by atoms with Gasteiger partial charge in [0.2, 0.25) is 5.95 Å². The number of fused-ring (bicyclic) bond motifs is 1. The average molecular weight is 574 g/mol. The molecule has 0 spiro atoms. The molecule has 0 amide bonds. The lowest BCUT2D eigenvalue weighted by Gasteiger charge is -2.36. The predicted octanol–water partition coefficient (Wildman–Crippen LogP) is 7.18. The van der Waals surface area contributed by atoms with Gasteiger partial charge in [-0.3, -0.25) is 0 Å². The van der Waals surface area contributed by atoms with Crippen molar-refractivity contribution < 1.29 is 22.0 Å². The van der Waals surface area contributed by atoms with Crippen molar-refractivity contribution in [3.05, 3.63) is 59.7 Å². The Morgan fingerprint density at radius 2 is 1.73 bits per heavy atom. The van der Waals surface area contributed by atoms with E-state index in [4.69, 9.17) is 0 Å². The maximum Gasteiger partial charge on any atom is 0.396 e. The molecule has 1 aromatic carbocycles. The zero-order valence-corrected chi connectivity index (χ0v) is 23.3. The first-order valence-electron chi connectivity index (χ1n) is 13.7. The Morgan fingerprint density at radius 1 is 1.00 bits per heavy atom. The van der Waals surface area contributed by atoms with E-state index in [9.17, 15) is 22.0 Å². The second-order valence-electron chi connectivity index (χ2n) is 10.7. The highest BCUT2D eigenvalue weighted by Gasteiger charge is 2.46. The highest BCUT2D eigenvalue weighted by Crippen LogP contribution is 2.44. The molecule has 12 heteroatoms. The maximum absolute atomic E-state index is 15.0. The monoisotopic (exact) mass is 573 g/mol. The van der Waals surface area contributed by atoms with E-state index >= 15 is 0 Å². The molecule has 0 bridgehead atoms. The van der Waals surface area contributed by atoms with Crippen LogP contribution in [0.1, 0.15) is 57.0 Å². The highest BCUT2D eigenvalue weighted by atomic mass is 19.4. The Kier molecular flexibility index (Phi) is 7.95.